The van der Waals surface area contributed by atoms with Gasteiger partial charge in [-0.2, -0.15) is 0 Å². The molecule has 0 saturated heterocycles. The molecule has 0 aliphatic heterocycles. The molecule has 0 aromatic heterocycles. The van der Waals surface area contributed by atoms with Crippen LogP contribution in [0.2, 0.25) is 0 Å². The van der Waals surface area contributed by atoms with E-state index in [0.717, 1.165) is 11.1 Å². The monoisotopic (exact) mass is 455 g/mol. The molecule has 0 unspecified atom stereocenters. The maximum absolute atomic E-state index is 12.8. The van der Waals surface area contributed by atoms with Crippen LogP contribution in [0, 0.1) is 0 Å². The number of likely N-dealkylation sites (N-methyl/N-ethyl adjacent to an activating group) is 2. The Morgan fingerprint density at radius 2 is 1.67 bits per heavy atom. The van der Waals surface area contributed by atoms with E-state index in [1.165, 1.54) is 0 Å². The zero-order valence-electron chi connectivity index (χ0n) is 20.7. The van der Waals surface area contributed by atoms with Crippen LogP contribution in [0.25, 0.3) is 0 Å². The van der Waals surface area contributed by atoms with Crippen LogP contribution >= 0.6 is 0 Å². The molecule has 0 aliphatic carbocycles. The Hall–Kier alpha value is -3.06. The standard InChI is InChI=1S/C26H37N3O4/c1-7-29(17-24(30)27-26(2,3)4)18-25(31)28(5)16-21-13-14-22(23(15-21)32-6)33-19-20-11-9-8-10-12-20/h8-15H,7,16-19H2,1-6H3,(H,27,30). The number of hydrogen-bond donors (Lipinski definition) is 1. The van der Waals surface area contributed by atoms with Gasteiger partial charge >= 0.3 is 0 Å². The SMILES string of the molecule is CCN(CC(=O)NC(C)(C)C)CC(=O)N(C)Cc1ccc(OCc2ccccc2)c(OC)c1. The van der Waals surface area contributed by atoms with Crippen LogP contribution in [0.1, 0.15) is 38.8 Å². The zero-order valence-corrected chi connectivity index (χ0v) is 20.7. The second-order valence-electron chi connectivity index (χ2n) is 9.11. The van der Waals surface area contributed by atoms with Crippen molar-refractivity contribution in [2.24, 2.45) is 0 Å². The summed E-state index contributed by atoms with van der Waals surface area (Å²) in [6.07, 6.45) is 0. The van der Waals surface area contributed by atoms with Gasteiger partial charge in [0.15, 0.2) is 11.5 Å². The molecule has 7 heteroatoms. The second kappa shape index (κ2) is 12.3. The Balaban J connectivity index is 1.94. The van der Waals surface area contributed by atoms with Gasteiger partial charge < -0.3 is 19.7 Å². The Morgan fingerprint density at radius 3 is 2.27 bits per heavy atom. The lowest BCUT2D eigenvalue weighted by Gasteiger charge is -2.26. The van der Waals surface area contributed by atoms with E-state index >= 15 is 0 Å². The molecule has 2 aromatic rings. The smallest absolute Gasteiger partial charge is 0.236 e. The maximum Gasteiger partial charge on any atom is 0.236 e. The predicted octanol–water partition coefficient (Wildman–Crippen LogP) is 3.47. The zero-order chi connectivity index (χ0) is 24.4. The lowest BCUT2D eigenvalue weighted by Crippen LogP contribution is -2.48. The molecule has 0 aliphatic rings. The van der Waals surface area contributed by atoms with E-state index in [4.69, 9.17) is 9.47 Å². The average molecular weight is 456 g/mol. The van der Waals surface area contributed by atoms with Gasteiger partial charge in [0.25, 0.3) is 0 Å². The molecule has 180 valence electrons. The fraction of sp³-hybridized carbons (Fsp3) is 0.462. The number of methoxy groups -OCH3 is 1. The summed E-state index contributed by atoms with van der Waals surface area (Å²) in [5, 5.41) is 2.93. The average Bonchev–Trinajstić information content (AvgIpc) is 2.76. The van der Waals surface area contributed by atoms with Gasteiger partial charge in [-0.1, -0.05) is 43.3 Å². The molecule has 2 amide bonds. The maximum atomic E-state index is 12.8. The topological polar surface area (TPSA) is 71.1 Å². The van der Waals surface area contributed by atoms with E-state index < -0.39 is 0 Å². The van der Waals surface area contributed by atoms with Gasteiger partial charge in [0.2, 0.25) is 11.8 Å². The largest absolute Gasteiger partial charge is 0.493 e. The molecular formula is C26H37N3O4. The third-order valence-electron chi connectivity index (χ3n) is 5.00. The number of ether oxygens (including phenoxy) is 2. The highest BCUT2D eigenvalue weighted by atomic mass is 16.5. The summed E-state index contributed by atoms with van der Waals surface area (Å²) in [4.78, 5) is 28.5. The van der Waals surface area contributed by atoms with Crippen molar-refractivity contribution in [3.8, 4) is 11.5 Å². The Kier molecular flexibility index (Phi) is 9.73. The third-order valence-corrected chi connectivity index (χ3v) is 5.00. The van der Waals surface area contributed by atoms with E-state index in [1.807, 2.05) is 81.1 Å². The van der Waals surface area contributed by atoms with Crippen LogP contribution in [0.3, 0.4) is 0 Å². The highest BCUT2D eigenvalue weighted by molar-refractivity contribution is 5.81. The quantitative estimate of drug-likeness (QED) is 0.562. The number of carbonyl (C=O) groups excluding carboxylic acids is 2. The number of hydrogen-bond acceptors (Lipinski definition) is 5. The lowest BCUT2D eigenvalue weighted by molar-refractivity contribution is -0.132. The van der Waals surface area contributed by atoms with Crippen LogP contribution in [-0.4, -0.2) is 60.9 Å². The first-order chi connectivity index (χ1) is 15.6. The van der Waals surface area contributed by atoms with Crippen LogP contribution in [0.4, 0.5) is 0 Å². The van der Waals surface area contributed by atoms with E-state index in [2.05, 4.69) is 5.32 Å². The van der Waals surface area contributed by atoms with Crippen LogP contribution < -0.4 is 14.8 Å². The van der Waals surface area contributed by atoms with Crippen LogP contribution in [0.5, 0.6) is 11.5 Å². The van der Waals surface area contributed by atoms with Gasteiger partial charge in [-0.15, -0.1) is 0 Å². The van der Waals surface area contributed by atoms with E-state index in [0.29, 0.717) is 31.2 Å². The van der Waals surface area contributed by atoms with Gasteiger partial charge in [0.1, 0.15) is 6.61 Å². The molecule has 1 N–H and O–H groups in total. The van der Waals surface area contributed by atoms with Gasteiger partial charge in [-0.05, 0) is 50.6 Å². The first-order valence-electron chi connectivity index (χ1n) is 11.2. The van der Waals surface area contributed by atoms with Gasteiger partial charge in [0, 0.05) is 19.1 Å². The van der Waals surface area contributed by atoms with Crippen molar-refractivity contribution in [3.63, 3.8) is 0 Å². The lowest BCUT2D eigenvalue weighted by atomic mass is 10.1. The Labute approximate surface area is 197 Å². The summed E-state index contributed by atoms with van der Waals surface area (Å²) in [7, 11) is 3.36. The van der Waals surface area contributed by atoms with E-state index in [1.54, 1.807) is 19.1 Å². The molecule has 33 heavy (non-hydrogen) atoms. The molecular weight excluding hydrogens is 418 g/mol. The third kappa shape index (κ3) is 9.14. The van der Waals surface area contributed by atoms with Crippen molar-refractivity contribution in [2.45, 2.75) is 46.4 Å². The fourth-order valence-electron chi connectivity index (χ4n) is 3.28. The molecule has 0 radical (unpaired) electrons. The van der Waals surface area contributed by atoms with E-state index in [9.17, 15) is 9.59 Å². The summed E-state index contributed by atoms with van der Waals surface area (Å²) in [6.45, 7) is 9.61. The fourth-order valence-corrected chi connectivity index (χ4v) is 3.28. The molecule has 2 aromatic carbocycles. The van der Waals surface area contributed by atoms with Gasteiger partial charge in [0.05, 0.1) is 20.2 Å². The minimum Gasteiger partial charge on any atom is -0.493 e. The minimum atomic E-state index is -0.298. The molecule has 0 atom stereocenters. The minimum absolute atomic E-state index is 0.0521. The number of carbonyl (C=O) groups is 2. The first kappa shape index (κ1) is 26.2. The van der Waals surface area contributed by atoms with Crippen molar-refractivity contribution in [1.29, 1.82) is 0 Å². The molecule has 7 nitrogen and oxygen atoms in total. The van der Waals surface area contributed by atoms with E-state index in [-0.39, 0.29) is 30.4 Å². The molecule has 0 bridgehead atoms. The first-order valence-corrected chi connectivity index (χ1v) is 11.2. The van der Waals surface area contributed by atoms with Crippen molar-refractivity contribution in [2.75, 3.05) is 33.8 Å². The Bertz CT molecular complexity index is 909. The number of benzene rings is 2. The van der Waals surface area contributed by atoms with Crippen molar-refractivity contribution < 1.29 is 19.1 Å². The van der Waals surface area contributed by atoms with Gasteiger partial charge in [-0.3, -0.25) is 14.5 Å². The number of nitrogens with one attached hydrogen (secondary N) is 1. The summed E-state index contributed by atoms with van der Waals surface area (Å²) in [5.41, 5.74) is 1.71. The highest BCUT2D eigenvalue weighted by Crippen LogP contribution is 2.29. The van der Waals surface area contributed by atoms with Gasteiger partial charge in [-0.25, -0.2) is 0 Å². The normalized spacial score (nSPS) is 11.2. The summed E-state index contributed by atoms with van der Waals surface area (Å²) in [6, 6.07) is 15.6. The predicted molar refractivity (Wildman–Crippen MR) is 130 cm³/mol. The van der Waals surface area contributed by atoms with Crippen molar-refractivity contribution in [1.82, 2.24) is 15.1 Å². The summed E-state index contributed by atoms with van der Waals surface area (Å²) >= 11 is 0. The Morgan fingerprint density at radius 1 is 0.970 bits per heavy atom. The molecule has 0 fully saturated rings. The second-order valence-corrected chi connectivity index (χ2v) is 9.11. The van der Waals surface area contributed by atoms with Crippen LogP contribution in [-0.2, 0) is 22.7 Å². The molecule has 0 heterocycles. The van der Waals surface area contributed by atoms with Crippen LogP contribution in [0.15, 0.2) is 48.5 Å². The number of nitrogens with zero attached hydrogens (tertiary/aromatic N) is 2. The van der Waals surface area contributed by atoms with Crippen molar-refractivity contribution in [3.05, 3.63) is 59.7 Å². The highest BCUT2D eigenvalue weighted by Gasteiger charge is 2.19. The number of amides is 2. The van der Waals surface area contributed by atoms with Crippen molar-refractivity contribution >= 4 is 11.8 Å². The summed E-state index contributed by atoms with van der Waals surface area (Å²) in [5.74, 6) is 1.14. The molecule has 0 saturated carbocycles. The number of rotatable bonds is 11. The summed E-state index contributed by atoms with van der Waals surface area (Å²) < 4.78 is 11.4. The molecule has 0 spiro atoms. The molecule has 2 rings (SSSR count).